The monoisotopic (exact) mass is 324 g/mol. The second-order valence-corrected chi connectivity index (χ2v) is 4.20. The third-order valence-electron chi connectivity index (χ3n) is 1.33. The molecule has 3 heteroatoms. The Bertz CT molecular complexity index is 296. The van der Waals surface area contributed by atoms with E-state index in [1.54, 1.807) is 0 Å². The smallest absolute Gasteiger partial charge is 0.151 e. The molecule has 0 amide bonds. The zero-order chi connectivity index (χ0) is 8.43. The van der Waals surface area contributed by atoms with Crippen LogP contribution in [0.5, 0.6) is 0 Å². The third-order valence-corrected chi connectivity index (χ3v) is 3.90. The molecular formula is C8H6BrIO. The molecule has 0 aliphatic rings. The van der Waals surface area contributed by atoms with Gasteiger partial charge in [0.25, 0.3) is 0 Å². The fourth-order valence-corrected chi connectivity index (χ4v) is 1.87. The summed E-state index contributed by atoms with van der Waals surface area (Å²) in [6, 6.07) is 3.87. The van der Waals surface area contributed by atoms with Crippen LogP contribution in [0.3, 0.4) is 0 Å². The van der Waals surface area contributed by atoms with Gasteiger partial charge in [0, 0.05) is 13.6 Å². The summed E-state index contributed by atoms with van der Waals surface area (Å²) in [6.45, 7) is 1.97. The van der Waals surface area contributed by atoms with E-state index in [9.17, 15) is 4.79 Å². The van der Waals surface area contributed by atoms with Crippen LogP contribution in [0.2, 0.25) is 0 Å². The van der Waals surface area contributed by atoms with Crippen LogP contribution in [0.15, 0.2) is 16.6 Å². The SMILES string of the molecule is Cc1cc(Br)c(I)c(C=O)c1. The lowest BCUT2D eigenvalue weighted by atomic mass is 10.2. The normalized spacial score (nSPS) is 9.73. The standard InChI is InChI=1S/C8H6BrIO/c1-5-2-6(4-11)8(10)7(9)3-5/h2-4H,1H3. The highest BCUT2D eigenvalue weighted by molar-refractivity contribution is 14.1. The minimum absolute atomic E-state index is 0.748. The average Bonchev–Trinajstić information content (AvgIpc) is 1.96. The van der Waals surface area contributed by atoms with Crippen molar-refractivity contribution in [2.45, 2.75) is 6.92 Å². The van der Waals surface area contributed by atoms with E-state index < -0.39 is 0 Å². The second kappa shape index (κ2) is 3.67. The molecule has 0 saturated heterocycles. The van der Waals surface area contributed by atoms with Crippen molar-refractivity contribution in [1.82, 2.24) is 0 Å². The Morgan fingerprint density at radius 2 is 2.18 bits per heavy atom. The summed E-state index contributed by atoms with van der Waals surface area (Å²) in [5.41, 5.74) is 1.84. The molecule has 0 heterocycles. The van der Waals surface area contributed by atoms with Crippen molar-refractivity contribution in [1.29, 1.82) is 0 Å². The number of rotatable bonds is 1. The Labute approximate surface area is 87.5 Å². The van der Waals surface area contributed by atoms with E-state index >= 15 is 0 Å². The summed E-state index contributed by atoms with van der Waals surface area (Å²) in [4.78, 5) is 10.5. The Hall–Kier alpha value is 0.1000. The van der Waals surface area contributed by atoms with E-state index in [0.29, 0.717) is 0 Å². The number of halogens is 2. The highest BCUT2D eigenvalue weighted by Gasteiger charge is 2.02. The number of hydrogen-bond acceptors (Lipinski definition) is 1. The lowest BCUT2D eigenvalue weighted by molar-refractivity contribution is 0.112. The molecule has 0 atom stereocenters. The predicted octanol–water partition coefficient (Wildman–Crippen LogP) is 3.17. The molecule has 1 nitrogen and oxygen atoms in total. The Morgan fingerprint density at radius 3 is 2.73 bits per heavy atom. The minimum atomic E-state index is 0.748. The van der Waals surface area contributed by atoms with Crippen molar-refractivity contribution < 1.29 is 4.79 Å². The van der Waals surface area contributed by atoms with Crippen molar-refractivity contribution in [3.05, 3.63) is 31.3 Å². The highest BCUT2D eigenvalue weighted by Crippen LogP contribution is 2.23. The minimum Gasteiger partial charge on any atom is -0.298 e. The van der Waals surface area contributed by atoms with E-state index in [1.165, 1.54) is 0 Å². The summed E-state index contributed by atoms with van der Waals surface area (Å²) >= 11 is 5.51. The van der Waals surface area contributed by atoms with Gasteiger partial charge < -0.3 is 0 Å². The topological polar surface area (TPSA) is 17.1 Å². The third kappa shape index (κ3) is 2.02. The van der Waals surface area contributed by atoms with Gasteiger partial charge in [0.05, 0.1) is 0 Å². The van der Waals surface area contributed by atoms with Gasteiger partial charge in [0.1, 0.15) is 0 Å². The Kier molecular flexibility index (Phi) is 3.06. The molecule has 1 aromatic carbocycles. The van der Waals surface area contributed by atoms with Gasteiger partial charge in [-0.05, 0) is 63.1 Å². The number of benzene rings is 1. The van der Waals surface area contributed by atoms with Crippen LogP contribution < -0.4 is 0 Å². The van der Waals surface area contributed by atoms with Gasteiger partial charge in [0.15, 0.2) is 6.29 Å². The van der Waals surface area contributed by atoms with Gasteiger partial charge in [-0.25, -0.2) is 0 Å². The summed E-state index contributed by atoms with van der Waals surface area (Å²) in [5.74, 6) is 0. The first-order valence-corrected chi connectivity index (χ1v) is 4.93. The van der Waals surface area contributed by atoms with Gasteiger partial charge in [-0.2, -0.15) is 0 Å². The number of hydrogen-bond donors (Lipinski definition) is 0. The van der Waals surface area contributed by atoms with E-state index in [2.05, 4.69) is 38.5 Å². The van der Waals surface area contributed by atoms with Crippen LogP contribution in [0.25, 0.3) is 0 Å². The van der Waals surface area contributed by atoms with Crippen LogP contribution in [0, 0.1) is 10.5 Å². The molecule has 0 aliphatic heterocycles. The van der Waals surface area contributed by atoms with Crippen molar-refractivity contribution in [3.8, 4) is 0 Å². The van der Waals surface area contributed by atoms with Gasteiger partial charge in [0.2, 0.25) is 0 Å². The molecule has 0 aromatic heterocycles. The van der Waals surface area contributed by atoms with Crippen molar-refractivity contribution in [3.63, 3.8) is 0 Å². The molecule has 0 radical (unpaired) electrons. The fraction of sp³-hybridized carbons (Fsp3) is 0.125. The maximum atomic E-state index is 10.5. The summed E-state index contributed by atoms with van der Waals surface area (Å²) < 4.78 is 1.96. The highest BCUT2D eigenvalue weighted by atomic mass is 127. The summed E-state index contributed by atoms with van der Waals surface area (Å²) in [7, 11) is 0. The zero-order valence-corrected chi connectivity index (χ0v) is 9.64. The molecule has 58 valence electrons. The van der Waals surface area contributed by atoms with Crippen LogP contribution in [-0.2, 0) is 0 Å². The molecule has 0 unspecified atom stereocenters. The van der Waals surface area contributed by atoms with Crippen molar-refractivity contribution in [2.24, 2.45) is 0 Å². The first kappa shape index (κ1) is 9.19. The number of aryl methyl sites for hydroxylation is 1. The molecule has 0 aliphatic carbocycles. The van der Waals surface area contributed by atoms with Crippen LogP contribution in [0.4, 0.5) is 0 Å². The number of aldehydes is 1. The van der Waals surface area contributed by atoms with Crippen molar-refractivity contribution in [2.75, 3.05) is 0 Å². The van der Waals surface area contributed by atoms with Gasteiger partial charge in [-0.3, -0.25) is 4.79 Å². The molecule has 0 saturated carbocycles. The largest absolute Gasteiger partial charge is 0.298 e. The van der Waals surface area contributed by atoms with E-state index in [0.717, 1.165) is 25.5 Å². The number of carbonyl (C=O) groups is 1. The average molecular weight is 325 g/mol. The van der Waals surface area contributed by atoms with Crippen LogP contribution in [-0.4, -0.2) is 6.29 Å². The van der Waals surface area contributed by atoms with Gasteiger partial charge in [-0.15, -0.1) is 0 Å². The lowest BCUT2D eigenvalue weighted by Gasteiger charge is -2.00. The maximum absolute atomic E-state index is 10.5. The molecule has 0 bridgehead atoms. The molecule has 0 N–H and O–H groups in total. The van der Waals surface area contributed by atoms with E-state index in [1.807, 2.05) is 19.1 Å². The fourth-order valence-electron chi connectivity index (χ4n) is 0.837. The molecule has 1 aromatic rings. The first-order valence-electron chi connectivity index (χ1n) is 3.06. The van der Waals surface area contributed by atoms with E-state index in [4.69, 9.17) is 0 Å². The van der Waals surface area contributed by atoms with Gasteiger partial charge in [-0.1, -0.05) is 0 Å². The Balaban J connectivity index is 3.35. The first-order chi connectivity index (χ1) is 5.15. The molecular weight excluding hydrogens is 319 g/mol. The number of carbonyl (C=O) groups excluding carboxylic acids is 1. The second-order valence-electron chi connectivity index (χ2n) is 2.27. The molecule has 0 spiro atoms. The quantitative estimate of drug-likeness (QED) is 0.573. The zero-order valence-electron chi connectivity index (χ0n) is 5.90. The van der Waals surface area contributed by atoms with Crippen LogP contribution in [0.1, 0.15) is 15.9 Å². The summed E-state index contributed by atoms with van der Waals surface area (Å²) in [5, 5.41) is 0. The molecule has 11 heavy (non-hydrogen) atoms. The summed E-state index contributed by atoms with van der Waals surface area (Å²) in [6.07, 6.45) is 0.875. The molecule has 1 rings (SSSR count). The molecule has 0 fully saturated rings. The Morgan fingerprint density at radius 1 is 1.55 bits per heavy atom. The van der Waals surface area contributed by atoms with E-state index in [-0.39, 0.29) is 0 Å². The predicted molar refractivity (Wildman–Crippen MR) is 57.0 cm³/mol. The lowest BCUT2D eigenvalue weighted by Crippen LogP contribution is -1.88. The maximum Gasteiger partial charge on any atom is 0.151 e. The van der Waals surface area contributed by atoms with Gasteiger partial charge >= 0.3 is 0 Å². The van der Waals surface area contributed by atoms with Crippen LogP contribution >= 0.6 is 38.5 Å². The van der Waals surface area contributed by atoms with Crippen molar-refractivity contribution >= 4 is 44.8 Å².